The number of rotatable bonds is 5. The van der Waals surface area contributed by atoms with Gasteiger partial charge in [-0.3, -0.25) is 19.6 Å². The Morgan fingerprint density at radius 3 is 2.69 bits per heavy atom. The summed E-state index contributed by atoms with van der Waals surface area (Å²) in [5.74, 6) is -2.11. The van der Waals surface area contributed by atoms with Crippen molar-refractivity contribution >= 4 is 17.8 Å². The van der Waals surface area contributed by atoms with Crippen LogP contribution < -0.4 is 0 Å². The first-order chi connectivity index (χ1) is 7.56. The Bertz CT molecular complexity index is 302. The molecule has 1 N–H and O–H groups in total. The molecule has 1 saturated heterocycles. The molecule has 0 aliphatic carbocycles. The monoisotopic (exact) mass is 229 g/mol. The average Bonchev–Trinajstić information content (AvgIpc) is 2.47. The van der Waals surface area contributed by atoms with Crippen molar-refractivity contribution < 1.29 is 24.3 Å². The van der Waals surface area contributed by atoms with E-state index in [2.05, 4.69) is 0 Å². The van der Waals surface area contributed by atoms with E-state index in [-0.39, 0.29) is 17.9 Å². The van der Waals surface area contributed by atoms with E-state index in [4.69, 9.17) is 9.94 Å². The fourth-order valence-electron chi connectivity index (χ4n) is 1.42. The highest BCUT2D eigenvalue weighted by atomic mass is 16.6. The maximum absolute atomic E-state index is 11.2. The van der Waals surface area contributed by atoms with Crippen LogP contribution in [-0.4, -0.2) is 34.2 Å². The van der Waals surface area contributed by atoms with Crippen LogP contribution in [0.2, 0.25) is 0 Å². The third kappa shape index (κ3) is 3.03. The van der Waals surface area contributed by atoms with Gasteiger partial charge in [0.2, 0.25) is 0 Å². The topological polar surface area (TPSA) is 83.9 Å². The van der Waals surface area contributed by atoms with Gasteiger partial charge in [0.15, 0.2) is 6.10 Å². The summed E-state index contributed by atoms with van der Waals surface area (Å²) in [5, 5.41) is 8.91. The summed E-state index contributed by atoms with van der Waals surface area (Å²) in [4.78, 5) is 33.3. The van der Waals surface area contributed by atoms with Gasteiger partial charge in [-0.2, -0.15) is 5.06 Å². The van der Waals surface area contributed by atoms with E-state index < -0.39 is 23.9 Å². The van der Waals surface area contributed by atoms with Crippen LogP contribution in [0.15, 0.2) is 0 Å². The first-order valence-corrected chi connectivity index (χ1v) is 5.31. The van der Waals surface area contributed by atoms with Crippen LogP contribution in [0, 0.1) is 0 Å². The number of ether oxygens (including phenoxy) is 1. The third-order valence-electron chi connectivity index (χ3n) is 2.34. The first kappa shape index (κ1) is 12.6. The zero-order valence-electron chi connectivity index (χ0n) is 9.14. The standard InChI is InChI=1S/C10H15NO5/c1-2-3-4-5-9(13)16-7-6-8(12)11(15)10(7)14/h7,15H,2-6H2,1H3. The Hall–Kier alpha value is -1.43. The van der Waals surface area contributed by atoms with Crippen LogP contribution in [0.3, 0.4) is 0 Å². The molecular formula is C10H15NO5. The molecule has 1 atom stereocenters. The molecule has 16 heavy (non-hydrogen) atoms. The summed E-state index contributed by atoms with van der Waals surface area (Å²) in [6, 6.07) is 0. The fourth-order valence-corrected chi connectivity index (χ4v) is 1.42. The summed E-state index contributed by atoms with van der Waals surface area (Å²) in [5.41, 5.74) is 0. The average molecular weight is 229 g/mol. The van der Waals surface area contributed by atoms with E-state index in [1.54, 1.807) is 0 Å². The maximum Gasteiger partial charge on any atom is 0.306 e. The van der Waals surface area contributed by atoms with Gasteiger partial charge in [-0.15, -0.1) is 0 Å². The summed E-state index contributed by atoms with van der Waals surface area (Å²) in [6.07, 6.45) is 1.42. The molecule has 0 aromatic heterocycles. The fraction of sp³-hybridized carbons (Fsp3) is 0.700. The molecule has 1 rings (SSSR count). The maximum atomic E-state index is 11.2. The van der Waals surface area contributed by atoms with Crippen LogP contribution in [0.5, 0.6) is 0 Å². The Balaban J connectivity index is 2.35. The molecule has 1 aliphatic rings. The lowest BCUT2D eigenvalue weighted by molar-refractivity contribution is -0.176. The molecule has 0 aromatic rings. The Labute approximate surface area is 93.1 Å². The number of unbranched alkanes of at least 4 members (excludes halogenated alkanes) is 2. The Morgan fingerprint density at radius 1 is 1.50 bits per heavy atom. The van der Waals surface area contributed by atoms with E-state index in [1.807, 2.05) is 6.92 Å². The number of imide groups is 1. The van der Waals surface area contributed by atoms with Gasteiger partial charge in [0.25, 0.3) is 11.8 Å². The van der Waals surface area contributed by atoms with Gasteiger partial charge in [0, 0.05) is 6.42 Å². The molecular weight excluding hydrogens is 214 g/mol. The zero-order chi connectivity index (χ0) is 12.1. The SMILES string of the molecule is CCCCCC(=O)OC1CC(=O)N(O)C1=O. The summed E-state index contributed by atoms with van der Waals surface area (Å²) < 4.78 is 4.80. The highest BCUT2D eigenvalue weighted by Gasteiger charge is 2.40. The van der Waals surface area contributed by atoms with Gasteiger partial charge in [0.05, 0.1) is 6.42 Å². The molecule has 6 heteroatoms. The molecule has 1 unspecified atom stereocenters. The van der Waals surface area contributed by atoms with Crippen LogP contribution in [0.4, 0.5) is 0 Å². The third-order valence-corrected chi connectivity index (χ3v) is 2.34. The molecule has 1 aliphatic heterocycles. The highest BCUT2D eigenvalue weighted by Crippen LogP contribution is 2.15. The number of amides is 2. The number of hydroxylamine groups is 2. The van der Waals surface area contributed by atoms with Gasteiger partial charge in [-0.05, 0) is 6.42 Å². The second kappa shape index (κ2) is 5.60. The lowest BCUT2D eigenvalue weighted by atomic mass is 10.2. The lowest BCUT2D eigenvalue weighted by Gasteiger charge is -2.09. The van der Waals surface area contributed by atoms with Gasteiger partial charge in [-0.25, -0.2) is 0 Å². The van der Waals surface area contributed by atoms with Gasteiger partial charge < -0.3 is 4.74 Å². The van der Waals surface area contributed by atoms with E-state index in [0.29, 0.717) is 6.42 Å². The van der Waals surface area contributed by atoms with Crippen LogP contribution in [-0.2, 0) is 19.1 Å². The predicted octanol–water partition coefficient (Wildman–Crippen LogP) is 0.627. The van der Waals surface area contributed by atoms with E-state index in [1.165, 1.54) is 0 Å². The van der Waals surface area contributed by atoms with Crippen molar-refractivity contribution in [3.05, 3.63) is 0 Å². The lowest BCUT2D eigenvalue weighted by Crippen LogP contribution is -2.30. The summed E-state index contributed by atoms with van der Waals surface area (Å²) in [7, 11) is 0. The Kier molecular flexibility index (Phi) is 4.42. The van der Waals surface area contributed by atoms with Gasteiger partial charge >= 0.3 is 5.97 Å². The molecule has 0 spiro atoms. The molecule has 0 saturated carbocycles. The number of carbonyl (C=O) groups is 3. The molecule has 1 fully saturated rings. The molecule has 0 bridgehead atoms. The minimum atomic E-state index is -1.15. The minimum absolute atomic E-state index is 0.00396. The molecule has 0 radical (unpaired) electrons. The number of hydrogen-bond acceptors (Lipinski definition) is 5. The number of carbonyl (C=O) groups excluding carboxylic acids is 3. The minimum Gasteiger partial charge on any atom is -0.452 e. The second-order valence-corrected chi connectivity index (χ2v) is 3.68. The van der Waals surface area contributed by atoms with E-state index in [0.717, 1.165) is 12.8 Å². The normalized spacial score (nSPS) is 20.4. The van der Waals surface area contributed by atoms with Gasteiger partial charge in [-0.1, -0.05) is 19.8 Å². The van der Waals surface area contributed by atoms with E-state index in [9.17, 15) is 14.4 Å². The van der Waals surface area contributed by atoms with Crippen molar-refractivity contribution in [3.8, 4) is 0 Å². The van der Waals surface area contributed by atoms with Crippen molar-refractivity contribution in [1.29, 1.82) is 0 Å². The molecule has 6 nitrogen and oxygen atoms in total. The Morgan fingerprint density at radius 2 is 2.19 bits per heavy atom. The van der Waals surface area contributed by atoms with Crippen LogP contribution in [0.1, 0.15) is 39.0 Å². The number of esters is 1. The number of hydrogen-bond donors (Lipinski definition) is 1. The molecule has 1 heterocycles. The number of nitrogens with zero attached hydrogens (tertiary/aromatic N) is 1. The van der Waals surface area contributed by atoms with Crippen molar-refractivity contribution in [1.82, 2.24) is 5.06 Å². The van der Waals surface area contributed by atoms with Crippen LogP contribution >= 0.6 is 0 Å². The molecule has 2 amide bonds. The summed E-state index contributed by atoms with van der Waals surface area (Å²) in [6.45, 7) is 2.01. The smallest absolute Gasteiger partial charge is 0.306 e. The van der Waals surface area contributed by atoms with Crippen molar-refractivity contribution in [2.45, 2.75) is 45.1 Å². The second-order valence-electron chi connectivity index (χ2n) is 3.68. The van der Waals surface area contributed by atoms with Crippen molar-refractivity contribution in [2.75, 3.05) is 0 Å². The van der Waals surface area contributed by atoms with E-state index >= 15 is 0 Å². The largest absolute Gasteiger partial charge is 0.452 e. The molecule has 90 valence electrons. The quantitative estimate of drug-likeness (QED) is 0.323. The summed E-state index contributed by atoms with van der Waals surface area (Å²) >= 11 is 0. The van der Waals surface area contributed by atoms with Crippen molar-refractivity contribution in [2.24, 2.45) is 0 Å². The van der Waals surface area contributed by atoms with Crippen LogP contribution in [0.25, 0.3) is 0 Å². The zero-order valence-corrected chi connectivity index (χ0v) is 9.14. The van der Waals surface area contributed by atoms with Gasteiger partial charge in [0.1, 0.15) is 0 Å². The predicted molar refractivity (Wildman–Crippen MR) is 52.3 cm³/mol. The molecule has 0 aromatic carbocycles. The highest BCUT2D eigenvalue weighted by molar-refractivity contribution is 6.04. The first-order valence-electron chi connectivity index (χ1n) is 5.31. The van der Waals surface area contributed by atoms with Crippen molar-refractivity contribution in [3.63, 3.8) is 0 Å².